The van der Waals surface area contributed by atoms with Gasteiger partial charge in [-0.3, -0.25) is 4.90 Å². The lowest BCUT2D eigenvalue weighted by atomic mass is 10.1. The van der Waals surface area contributed by atoms with Gasteiger partial charge in [-0.1, -0.05) is 29.3 Å². The first-order valence-corrected chi connectivity index (χ1v) is 8.81. The molecule has 1 saturated carbocycles. The molecule has 0 bridgehead atoms. The average Bonchev–Trinajstić information content (AvgIpc) is 3.14. The summed E-state index contributed by atoms with van der Waals surface area (Å²) in [6.07, 6.45) is 5.39. The van der Waals surface area contributed by atoms with Crippen LogP contribution in [0.1, 0.15) is 44.2 Å². The number of nitrogens with one attached hydrogen (secondary N) is 1. The average molecular weight is 327 g/mol. The third-order valence-corrected chi connectivity index (χ3v) is 5.52. The maximum Gasteiger partial charge on any atom is 0.0595 e. The fourth-order valence-electron chi connectivity index (χ4n) is 3.20. The van der Waals surface area contributed by atoms with Crippen molar-refractivity contribution in [3.05, 3.63) is 33.8 Å². The summed E-state index contributed by atoms with van der Waals surface area (Å²) >= 11 is 12.2. The number of benzene rings is 1. The summed E-state index contributed by atoms with van der Waals surface area (Å²) < 4.78 is 0. The molecule has 0 amide bonds. The topological polar surface area (TPSA) is 15.3 Å². The monoisotopic (exact) mass is 326 g/mol. The largest absolute Gasteiger partial charge is 0.313 e. The van der Waals surface area contributed by atoms with Crippen LogP contribution in [0.2, 0.25) is 10.0 Å². The number of hydrogen-bond acceptors (Lipinski definition) is 2. The van der Waals surface area contributed by atoms with Crippen molar-refractivity contribution in [1.29, 1.82) is 0 Å². The molecule has 0 spiro atoms. The van der Waals surface area contributed by atoms with E-state index in [4.69, 9.17) is 23.2 Å². The quantitative estimate of drug-likeness (QED) is 0.826. The molecule has 2 aliphatic rings. The predicted octanol–water partition coefficient (Wildman–Crippen LogP) is 4.52. The van der Waals surface area contributed by atoms with Crippen LogP contribution in [0.4, 0.5) is 0 Å². The van der Waals surface area contributed by atoms with Crippen molar-refractivity contribution in [1.82, 2.24) is 10.2 Å². The number of rotatable bonds is 6. The zero-order valence-corrected chi connectivity index (χ0v) is 14.1. The summed E-state index contributed by atoms with van der Waals surface area (Å²) in [4.78, 5) is 2.63. The fraction of sp³-hybridized carbons (Fsp3) is 0.647. The van der Waals surface area contributed by atoms with Gasteiger partial charge in [-0.15, -0.1) is 0 Å². The Labute approximate surface area is 137 Å². The molecule has 2 nitrogen and oxygen atoms in total. The smallest absolute Gasteiger partial charge is 0.0595 e. The Balaban J connectivity index is 1.71. The molecular formula is C17H24Cl2N2. The molecule has 0 radical (unpaired) electrons. The first kappa shape index (κ1) is 15.6. The fourth-order valence-corrected chi connectivity index (χ4v) is 3.51. The van der Waals surface area contributed by atoms with Crippen LogP contribution >= 0.6 is 23.2 Å². The van der Waals surface area contributed by atoms with Gasteiger partial charge in [-0.2, -0.15) is 0 Å². The highest BCUT2D eigenvalue weighted by molar-refractivity contribution is 6.42. The molecule has 1 aliphatic carbocycles. The van der Waals surface area contributed by atoms with Gasteiger partial charge in [0.25, 0.3) is 0 Å². The van der Waals surface area contributed by atoms with Crippen LogP contribution in [0, 0.1) is 5.92 Å². The van der Waals surface area contributed by atoms with Gasteiger partial charge in [0, 0.05) is 25.2 Å². The number of hydrogen-bond donors (Lipinski definition) is 1. The van der Waals surface area contributed by atoms with Crippen molar-refractivity contribution in [2.24, 2.45) is 5.92 Å². The summed E-state index contributed by atoms with van der Waals surface area (Å²) in [6.45, 7) is 5.80. The lowest BCUT2D eigenvalue weighted by Gasteiger charge is -2.32. The second-order valence-corrected chi connectivity index (χ2v) is 7.35. The summed E-state index contributed by atoms with van der Waals surface area (Å²) in [7, 11) is 0. The Morgan fingerprint density at radius 1 is 1.19 bits per heavy atom. The zero-order valence-electron chi connectivity index (χ0n) is 12.6. The van der Waals surface area contributed by atoms with Crippen LogP contribution in [0.15, 0.2) is 18.2 Å². The lowest BCUT2D eigenvalue weighted by Crippen LogP contribution is -2.40. The van der Waals surface area contributed by atoms with Crippen molar-refractivity contribution in [2.45, 2.75) is 44.7 Å². The highest BCUT2D eigenvalue weighted by Gasteiger charge is 2.29. The molecule has 1 aliphatic heterocycles. The minimum atomic E-state index is 0.391. The maximum absolute atomic E-state index is 6.19. The van der Waals surface area contributed by atoms with E-state index >= 15 is 0 Å². The summed E-state index contributed by atoms with van der Waals surface area (Å²) in [5.74, 6) is 0.900. The van der Waals surface area contributed by atoms with Gasteiger partial charge in [-0.25, -0.2) is 0 Å². The third kappa shape index (κ3) is 4.13. The number of halogens is 2. The molecule has 0 aromatic heterocycles. The van der Waals surface area contributed by atoms with Crippen LogP contribution in [0.3, 0.4) is 0 Å². The van der Waals surface area contributed by atoms with Gasteiger partial charge < -0.3 is 5.32 Å². The predicted molar refractivity (Wildman–Crippen MR) is 90.2 cm³/mol. The Morgan fingerprint density at radius 2 is 2.00 bits per heavy atom. The summed E-state index contributed by atoms with van der Waals surface area (Å²) in [5, 5.41) is 4.92. The zero-order chi connectivity index (χ0) is 14.8. The highest BCUT2D eigenvalue weighted by atomic mass is 35.5. The van der Waals surface area contributed by atoms with Crippen LogP contribution in [-0.4, -0.2) is 30.6 Å². The third-order valence-electron chi connectivity index (χ3n) is 4.78. The first-order valence-electron chi connectivity index (χ1n) is 8.06. The van der Waals surface area contributed by atoms with Crippen molar-refractivity contribution in [2.75, 3.05) is 19.6 Å². The first-order chi connectivity index (χ1) is 10.1. The van der Waals surface area contributed by atoms with Crippen molar-refractivity contribution in [3.63, 3.8) is 0 Å². The standard InChI is InChI=1S/C17H24Cl2N2/c1-12(14-6-7-16(18)17(19)9-14)21(10-13-4-5-13)11-15-3-2-8-20-15/h6-7,9,12-13,15,20H,2-5,8,10-11H2,1H3. The van der Waals surface area contributed by atoms with E-state index in [1.807, 2.05) is 12.1 Å². The molecule has 4 heteroatoms. The lowest BCUT2D eigenvalue weighted by molar-refractivity contribution is 0.184. The van der Waals surface area contributed by atoms with Gasteiger partial charge in [0.2, 0.25) is 0 Å². The molecule has 1 saturated heterocycles. The van der Waals surface area contributed by atoms with Gasteiger partial charge in [0.1, 0.15) is 0 Å². The Bertz CT molecular complexity index is 482. The second-order valence-electron chi connectivity index (χ2n) is 6.54. The van der Waals surface area contributed by atoms with Crippen LogP contribution in [0.5, 0.6) is 0 Å². The summed E-state index contributed by atoms with van der Waals surface area (Å²) in [6, 6.07) is 7.09. The normalized spacial score (nSPS) is 23.7. The Kier molecular flexibility index (Phi) is 5.11. The van der Waals surface area contributed by atoms with E-state index in [0.717, 1.165) is 12.5 Å². The molecule has 1 aromatic rings. The highest BCUT2D eigenvalue weighted by Crippen LogP contribution is 2.34. The molecule has 21 heavy (non-hydrogen) atoms. The van der Waals surface area contributed by atoms with E-state index in [1.165, 1.54) is 44.3 Å². The molecule has 1 N–H and O–H groups in total. The van der Waals surface area contributed by atoms with Crippen molar-refractivity contribution >= 4 is 23.2 Å². The van der Waals surface area contributed by atoms with Gasteiger partial charge >= 0.3 is 0 Å². The van der Waals surface area contributed by atoms with Crippen LogP contribution in [0.25, 0.3) is 0 Å². The molecule has 1 heterocycles. The van der Waals surface area contributed by atoms with E-state index in [1.54, 1.807) is 0 Å². The Hall–Kier alpha value is -0.280. The molecule has 3 rings (SSSR count). The van der Waals surface area contributed by atoms with Gasteiger partial charge in [0.15, 0.2) is 0 Å². The van der Waals surface area contributed by atoms with Crippen LogP contribution in [-0.2, 0) is 0 Å². The van der Waals surface area contributed by atoms with E-state index in [9.17, 15) is 0 Å². The minimum absolute atomic E-state index is 0.391. The summed E-state index contributed by atoms with van der Waals surface area (Å²) in [5.41, 5.74) is 1.27. The van der Waals surface area contributed by atoms with Crippen LogP contribution < -0.4 is 5.32 Å². The molecular weight excluding hydrogens is 303 g/mol. The minimum Gasteiger partial charge on any atom is -0.313 e. The SMILES string of the molecule is CC(c1ccc(Cl)c(Cl)c1)N(CC1CC1)CC1CCCN1. The van der Waals surface area contributed by atoms with Gasteiger partial charge in [0.05, 0.1) is 10.0 Å². The molecule has 2 unspecified atom stereocenters. The second kappa shape index (κ2) is 6.87. The molecule has 2 fully saturated rings. The Morgan fingerprint density at radius 3 is 2.62 bits per heavy atom. The molecule has 116 valence electrons. The molecule has 2 atom stereocenters. The maximum atomic E-state index is 6.19. The van der Waals surface area contributed by atoms with E-state index < -0.39 is 0 Å². The van der Waals surface area contributed by atoms with Crippen molar-refractivity contribution < 1.29 is 0 Å². The molecule has 1 aromatic carbocycles. The van der Waals surface area contributed by atoms with E-state index in [2.05, 4.69) is 23.2 Å². The van der Waals surface area contributed by atoms with Gasteiger partial charge in [-0.05, 0) is 62.8 Å². The van der Waals surface area contributed by atoms with Crippen molar-refractivity contribution in [3.8, 4) is 0 Å². The van der Waals surface area contributed by atoms with E-state index in [-0.39, 0.29) is 0 Å². The number of nitrogens with zero attached hydrogens (tertiary/aromatic N) is 1. The van der Waals surface area contributed by atoms with E-state index in [0.29, 0.717) is 22.1 Å².